The van der Waals surface area contributed by atoms with Crippen molar-refractivity contribution in [3.63, 3.8) is 0 Å². The number of amides is 1. The molecule has 2 N–H and O–H groups in total. The first-order chi connectivity index (χ1) is 16.5. The van der Waals surface area contributed by atoms with Gasteiger partial charge in [-0.25, -0.2) is 4.39 Å². The Balaban J connectivity index is 1.71. The Kier molecular flexibility index (Phi) is 4.67. The summed E-state index contributed by atoms with van der Waals surface area (Å²) in [7, 11) is 0. The second kappa shape index (κ2) is 7.63. The Bertz CT molecular complexity index is 1460. The average molecular weight is 458 g/mol. The number of nitrogens with zero attached hydrogens (tertiary/aromatic N) is 4. The SMILES string of the molecule is CCC1(c2c(-c3cnn(CC(N)=O)c3)c3cc4c(cc3n2-c2ccc(F)cc2)C=NC4)COC1. The van der Waals surface area contributed by atoms with Crippen molar-refractivity contribution in [2.24, 2.45) is 10.7 Å². The van der Waals surface area contributed by atoms with Crippen LogP contribution in [-0.4, -0.2) is 39.7 Å². The summed E-state index contributed by atoms with van der Waals surface area (Å²) in [5, 5.41) is 5.47. The van der Waals surface area contributed by atoms with Gasteiger partial charge in [0.1, 0.15) is 12.4 Å². The molecule has 34 heavy (non-hydrogen) atoms. The summed E-state index contributed by atoms with van der Waals surface area (Å²) in [4.78, 5) is 15.9. The first-order valence-corrected chi connectivity index (χ1v) is 11.4. The summed E-state index contributed by atoms with van der Waals surface area (Å²) in [6, 6.07) is 10.9. The van der Waals surface area contributed by atoms with E-state index in [1.54, 1.807) is 10.9 Å². The Morgan fingerprint density at radius 2 is 2.03 bits per heavy atom. The van der Waals surface area contributed by atoms with Gasteiger partial charge in [0, 0.05) is 40.3 Å². The predicted molar refractivity (Wildman–Crippen MR) is 128 cm³/mol. The molecule has 4 heterocycles. The Labute approximate surface area is 195 Å². The maximum atomic E-state index is 13.9. The lowest BCUT2D eigenvalue weighted by molar-refractivity contribution is -0.118. The van der Waals surface area contributed by atoms with Crippen molar-refractivity contribution in [2.75, 3.05) is 13.2 Å². The topological polar surface area (TPSA) is 87.4 Å². The summed E-state index contributed by atoms with van der Waals surface area (Å²) >= 11 is 0. The normalized spacial score (nSPS) is 16.1. The van der Waals surface area contributed by atoms with Crippen LogP contribution in [0.2, 0.25) is 0 Å². The molecule has 2 aromatic carbocycles. The molecule has 0 unspecified atom stereocenters. The van der Waals surface area contributed by atoms with Gasteiger partial charge in [0.25, 0.3) is 0 Å². The second-order valence-electron chi connectivity index (χ2n) is 9.09. The van der Waals surface area contributed by atoms with Gasteiger partial charge in [0.15, 0.2) is 0 Å². The van der Waals surface area contributed by atoms with Gasteiger partial charge >= 0.3 is 0 Å². The molecular weight excluding hydrogens is 433 g/mol. The van der Waals surface area contributed by atoms with Crippen molar-refractivity contribution in [1.82, 2.24) is 14.3 Å². The number of rotatable bonds is 6. The number of benzene rings is 2. The van der Waals surface area contributed by atoms with Gasteiger partial charge in [-0.1, -0.05) is 6.92 Å². The molecule has 0 spiro atoms. The molecule has 1 saturated heterocycles. The van der Waals surface area contributed by atoms with Gasteiger partial charge in [0.05, 0.1) is 36.9 Å². The van der Waals surface area contributed by atoms with Crippen molar-refractivity contribution >= 4 is 23.0 Å². The molecule has 2 aliphatic rings. The number of nitrogens with two attached hydrogens (primary N) is 1. The smallest absolute Gasteiger partial charge is 0.239 e. The Morgan fingerprint density at radius 3 is 2.71 bits per heavy atom. The molecule has 2 aromatic heterocycles. The van der Waals surface area contributed by atoms with E-state index in [0.29, 0.717) is 19.8 Å². The molecule has 6 rings (SSSR count). The van der Waals surface area contributed by atoms with Crippen LogP contribution in [0.5, 0.6) is 0 Å². The molecule has 1 fully saturated rings. The minimum Gasteiger partial charge on any atom is -0.379 e. The summed E-state index contributed by atoms with van der Waals surface area (Å²) < 4.78 is 23.4. The molecule has 4 aromatic rings. The van der Waals surface area contributed by atoms with E-state index in [-0.39, 0.29) is 17.8 Å². The maximum Gasteiger partial charge on any atom is 0.239 e. The van der Waals surface area contributed by atoms with E-state index in [1.165, 1.54) is 12.1 Å². The van der Waals surface area contributed by atoms with Gasteiger partial charge in [-0.05, 0) is 53.9 Å². The quantitative estimate of drug-likeness (QED) is 0.479. The zero-order valence-corrected chi connectivity index (χ0v) is 18.8. The first-order valence-electron chi connectivity index (χ1n) is 11.4. The zero-order valence-electron chi connectivity index (χ0n) is 18.8. The van der Waals surface area contributed by atoms with Crippen LogP contribution in [0.1, 0.15) is 30.2 Å². The fourth-order valence-electron chi connectivity index (χ4n) is 5.14. The standard InChI is InChI=1S/C26H24FN5O2/c1-2-26(14-34-15-26)25-24(18-11-30-31(12-18)13-23(28)33)21-7-16-9-29-10-17(16)8-22(21)32(25)20-5-3-19(27)4-6-20/h3-8,10-12H,2,9,13-15H2,1H3,(H2,28,33). The van der Waals surface area contributed by atoms with Crippen LogP contribution in [-0.2, 0) is 28.0 Å². The number of aliphatic imine (C=N–C) groups is 1. The first kappa shape index (κ1) is 20.8. The van der Waals surface area contributed by atoms with E-state index in [2.05, 4.69) is 33.7 Å². The Hall–Kier alpha value is -3.78. The number of primary amides is 1. The van der Waals surface area contributed by atoms with Crippen LogP contribution >= 0.6 is 0 Å². The zero-order chi connectivity index (χ0) is 23.4. The molecule has 0 aliphatic carbocycles. The minimum atomic E-state index is -0.448. The minimum absolute atomic E-state index is 0.0111. The van der Waals surface area contributed by atoms with Crippen LogP contribution in [0.4, 0.5) is 4.39 Å². The molecule has 8 heteroatoms. The van der Waals surface area contributed by atoms with Crippen LogP contribution in [0.25, 0.3) is 27.7 Å². The van der Waals surface area contributed by atoms with E-state index in [4.69, 9.17) is 10.5 Å². The lowest BCUT2D eigenvalue weighted by atomic mass is 9.77. The third-order valence-corrected chi connectivity index (χ3v) is 6.98. The molecule has 0 atom stereocenters. The number of hydrogen-bond donors (Lipinski definition) is 1. The number of fused-ring (bicyclic) bond motifs is 2. The molecular formula is C26H24FN5O2. The van der Waals surface area contributed by atoms with Gasteiger partial charge < -0.3 is 15.0 Å². The number of ether oxygens (including phenoxy) is 1. The number of halogens is 1. The number of hydrogen-bond acceptors (Lipinski definition) is 4. The van der Waals surface area contributed by atoms with E-state index >= 15 is 0 Å². The van der Waals surface area contributed by atoms with Crippen molar-refractivity contribution in [2.45, 2.75) is 31.8 Å². The predicted octanol–water partition coefficient (Wildman–Crippen LogP) is 3.73. The number of aromatic nitrogens is 3. The van der Waals surface area contributed by atoms with E-state index < -0.39 is 5.91 Å². The summed E-state index contributed by atoms with van der Waals surface area (Å²) in [5.41, 5.74) is 12.4. The highest BCUT2D eigenvalue weighted by molar-refractivity contribution is 6.03. The molecule has 172 valence electrons. The second-order valence-corrected chi connectivity index (χ2v) is 9.09. The highest BCUT2D eigenvalue weighted by Gasteiger charge is 2.44. The molecule has 0 radical (unpaired) electrons. The fraction of sp³-hybridized carbons (Fsp3) is 0.269. The van der Waals surface area contributed by atoms with Crippen molar-refractivity contribution in [3.8, 4) is 16.8 Å². The third-order valence-electron chi connectivity index (χ3n) is 6.98. The average Bonchev–Trinajstić information content (AvgIpc) is 3.50. The van der Waals surface area contributed by atoms with Crippen LogP contribution in [0, 0.1) is 5.82 Å². The van der Waals surface area contributed by atoms with Crippen molar-refractivity contribution in [1.29, 1.82) is 0 Å². The highest BCUT2D eigenvalue weighted by Crippen LogP contribution is 2.48. The van der Waals surface area contributed by atoms with E-state index in [0.717, 1.165) is 51.0 Å². The van der Waals surface area contributed by atoms with Crippen LogP contribution < -0.4 is 5.73 Å². The van der Waals surface area contributed by atoms with Crippen LogP contribution in [0.15, 0.2) is 53.8 Å². The molecule has 1 amide bonds. The van der Waals surface area contributed by atoms with Crippen molar-refractivity contribution in [3.05, 3.63) is 71.4 Å². The van der Waals surface area contributed by atoms with E-state index in [1.807, 2.05) is 24.5 Å². The summed E-state index contributed by atoms with van der Waals surface area (Å²) in [6.45, 7) is 4.03. The molecule has 0 bridgehead atoms. The maximum absolute atomic E-state index is 13.9. The summed E-state index contributed by atoms with van der Waals surface area (Å²) in [5.74, 6) is -0.726. The molecule has 7 nitrogen and oxygen atoms in total. The fourth-order valence-corrected chi connectivity index (χ4v) is 5.14. The summed E-state index contributed by atoms with van der Waals surface area (Å²) in [6.07, 6.45) is 6.44. The third kappa shape index (κ3) is 3.09. The number of carbonyl (C=O) groups is 1. The largest absolute Gasteiger partial charge is 0.379 e. The van der Waals surface area contributed by atoms with Gasteiger partial charge in [-0.15, -0.1) is 0 Å². The lowest BCUT2D eigenvalue weighted by Crippen LogP contribution is -2.47. The van der Waals surface area contributed by atoms with Gasteiger partial charge in [0.2, 0.25) is 5.91 Å². The van der Waals surface area contributed by atoms with Gasteiger partial charge in [-0.3, -0.25) is 14.5 Å². The molecule has 2 aliphatic heterocycles. The van der Waals surface area contributed by atoms with Crippen molar-refractivity contribution < 1.29 is 13.9 Å². The Morgan fingerprint density at radius 1 is 1.24 bits per heavy atom. The highest BCUT2D eigenvalue weighted by atomic mass is 19.1. The number of carbonyl (C=O) groups excluding carboxylic acids is 1. The van der Waals surface area contributed by atoms with E-state index in [9.17, 15) is 9.18 Å². The van der Waals surface area contributed by atoms with Gasteiger partial charge in [-0.2, -0.15) is 5.10 Å². The van der Waals surface area contributed by atoms with Crippen LogP contribution in [0.3, 0.4) is 0 Å². The lowest BCUT2D eigenvalue weighted by Gasteiger charge is -2.42. The monoisotopic (exact) mass is 457 g/mol. The molecule has 0 saturated carbocycles.